The molecule has 1 saturated heterocycles. The lowest BCUT2D eigenvalue weighted by atomic mass is 10.1. The van der Waals surface area contributed by atoms with Crippen molar-refractivity contribution in [3.63, 3.8) is 0 Å². The molecule has 0 spiro atoms. The van der Waals surface area contributed by atoms with Crippen molar-refractivity contribution in [2.45, 2.75) is 18.0 Å². The number of amides is 2. The zero-order valence-electron chi connectivity index (χ0n) is 16.1. The molecule has 2 amide bonds. The van der Waals surface area contributed by atoms with E-state index in [-0.39, 0.29) is 11.8 Å². The highest BCUT2D eigenvalue weighted by Gasteiger charge is 2.28. The third kappa shape index (κ3) is 3.91. The molecule has 2 aromatic carbocycles. The molecule has 6 nitrogen and oxygen atoms in total. The van der Waals surface area contributed by atoms with Crippen molar-refractivity contribution in [3.8, 4) is 22.7 Å². The van der Waals surface area contributed by atoms with Crippen LogP contribution in [-0.4, -0.2) is 45.7 Å². The SMILES string of the molecule is COc1ccccc1-n1c(-c2ccccc2)cnc1SCCN1C(=O)CCC1=O. The summed E-state index contributed by atoms with van der Waals surface area (Å²) < 4.78 is 7.64. The van der Waals surface area contributed by atoms with Crippen LogP contribution in [0.2, 0.25) is 0 Å². The van der Waals surface area contributed by atoms with E-state index >= 15 is 0 Å². The molecule has 0 aliphatic carbocycles. The fourth-order valence-electron chi connectivity index (χ4n) is 3.40. The minimum Gasteiger partial charge on any atom is -0.495 e. The number of ether oxygens (including phenoxy) is 1. The second-order valence-corrected chi connectivity index (χ2v) is 7.65. The maximum atomic E-state index is 11.8. The van der Waals surface area contributed by atoms with Crippen molar-refractivity contribution >= 4 is 23.6 Å². The summed E-state index contributed by atoms with van der Waals surface area (Å²) in [5, 5.41) is 0.785. The van der Waals surface area contributed by atoms with Gasteiger partial charge in [-0.05, 0) is 12.1 Å². The van der Waals surface area contributed by atoms with Gasteiger partial charge in [0.15, 0.2) is 5.16 Å². The molecule has 0 unspecified atom stereocenters. The number of carbonyl (C=O) groups is 2. The molecule has 0 N–H and O–H groups in total. The Morgan fingerprint density at radius 2 is 1.69 bits per heavy atom. The second-order valence-electron chi connectivity index (χ2n) is 6.59. The molecule has 2 heterocycles. The summed E-state index contributed by atoms with van der Waals surface area (Å²) in [5.41, 5.74) is 2.88. The molecule has 3 aromatic rings. The topological polar surface area (TPSA) is 64.4 Å². The van der Waals surface area contributed by atoms with E-state index in [1.54, 1.807) is 7.11 Å². The molecule has 4 rings (SSSR count). The lowest BCUT2D eigenvalue weighted by molar-refractivity contribution is -0.137. The summed E-state index contributed by atoms with van der Waals surface area (Å²) in [7, 11) is 1.65. The van der Waals surface area contributed by atoms with Crippen LogP contribution in [0.5, 0.6) is 5.75 Å². The van der Waals surface area contributed by atoms with Gasteiger partial charge in [0.2, 0.25) is 11.8 Å². The van der Waals surface area contributed by atoms with E-state index in [4.69, 9.17) is 4.74 Å². The number of imide groups is 1. The number of benzene rings is 2. The van der Waals surface area contributed by atoms with Crippen LogP contribution < -0.4 is 4.74 Å². The summed E-state index contributed by atoms with van der Waals surface area (Å²) in [6, 6.07) is 17.8. The van der Waals surface area contributed by atoms with Gasteiger partial charge in [0.1, 0.15) is 5.75 Å². The molecule has 1 fully saturated rings. The molecule has 0 atom stereocenters. The van der Waals surface area contributed by atoms with Crippen LogP contribution in [0.1, 0.15) is 12.8 Å². The van der Waals surface area contributed by atoms with Crippen LogP contribution in [0, 0.1) is 0 Å². The minimum atomic E-state index is -0.0892. The number of para-hydroxylation sites is 2. The summed E-state index contributed by atoms with van der Waals surface area (Å²) in [5.74, 6) is 1.15. The van der Waals surface area contributed by atoms with Gasteiger partial charge in [-0.2, -0.15) is 0 Å². The highest BCUT2D eigenvalue weighted by molar-refractivity contribution is 7.99. The number of thioether (sulfide) groups is 1. The first kappa shape index (κ1) is 19.3. The van der Waals surface area contributed by atoms with E-state index in [0.717, 1.165) is 27.9 Å². The van der Waals surface area contributed by atoms with Crippen molar-refractivity contribution in [2.24, 2.45) is 0 Å². The van der Waals surface area contributed by atoms with Crippen molar-refractivity contribution in [1.82, 2.24) is 14.5 Å². The van der Waals surface area contributed by atoms with Gasteiger partial charge in [0.25, 0.3) is 0 Å². The van der Waals surface area contributed by atoms with Gasteiger partial charge < -0.3 is 4.74 Å². The Hall–Kier alpha value is -3.06. The van der Waals surface area contributed by atoms with Crippen molar-refractivity contribution in [3.05, 3.63) is 60.8 Å². The number of carbonyl (C=O) groups excluding carboxylic acids is 2. The maximum absolute atomic E-state index is 11.8. The van der Waals surface area contributed by atoms with E-state index in [0.29, 0.717) is 25.1 Å². The van der Waals surface area contributed by atoms with E-state index in [1.807, 2.05) is 60.8 Å². The molecule has 7 heteroatoms. The maximum Gasteiger partial charge on any atom is 0.229 e. The molecular formula is C22H21N3O3S. The van der Waals surface area contributed by atoms with Gasteiger partial charge in [-0.3, -0.25) is 19.1 Å². The largest absolute Gasteiger partial charge is 0.495 e. The van der Waals surface area contributed by atoms with Crippen LogP contribution in [-0.2, 0) is 9.59 Å². The summed E-state index contributed by atoms with van der Waals surface area (Å²) in [4.78, 5) is 29.7. The highest BCUT2D eigenvalue weighted by atomic mass is 32.2. The van der Waals surface area contributed by atoms with Gasteiger partial charge in [0, 0.05) is 30.7 Å². The molecule has 29 heavy (non-hydrogen) atoms. The summed E-state index contributed by atoms with van der Waals surface area (Å²) >= 11 is 1.52. The third-order valence-electron chi connectivity index (χ3n) is 4.83. The smallest absolute Gasteiger partial charge is 0.229 e. The molecule has 0 bridgehead atoms. The van der Waals surface area contributed by atoms with Crippen LogP contribution in [0.15, 0.2) is 66.0 Å². The number of hydrogen-bond donors (Lipinski definition) is 0. The number of methoxy groups -OCH3 is 1. The van der Waals surface area contributed by atoms with Gasteiger partial charge in [-0.15, -0.1) is 0 Å². The van der Waals surface area contributed by atoms with Gasteiger partial charge in [-0.1, -0.05) is 54.2 Å². The summed E-state index contributed by atoms with van der Waals surface area (Å²) in [6.45, 7) is 0.391. The molecule has 1 aromatic heterocycles. The zero-order valence-corrected chi connectivity index (χ0v) is 16.9. The van der Waals surface area contributed by atoms with Crippen molar-refractivity contribution in [2.75, 3.05) is 19.4 Å². The Labute approximate surface area is 173 Å². The monoisotopic (exact) mass is 407 g/mol. The van der Waals surface area contributed by atoms with E-state index < -0.39 is 0 Å². The molecule has 1 aliphatic heterocycles. The fourth-order valence-corrected chi connectivity index (χ4v) is 4.31. The van der Waals surface area contributed by atoms with Gasteiger partial charge in [-0.25, -0.2) is 4.98 Å². The Bertz CT molecular complexity index is 1020. The first-order valence-corrected chi connectivity index (χ1v) is 10.4. The average Bonchev–Trinajstić information content (AvgIpc) is 3.32. The first-order valence-electron chi connectivity index (χ1n) is 9.41. The quantitative estimate of drug-likeness (QED) is 0.440. The minimum absolute atomic E-state index is 0.0892. The van der Waals surface area contributed by atoms with Crippen molar-refractivity contribution in [1.29, 1.82) is 0 Å². The number of rotatable bonds is 7. The number of aromatic nitrogens is 2. The Morgan fingerprint density at radius 3 is 2.41 bits per heavy atom. The Morgan fingerprint density at radius 1 is 1.00 bits per heavy atom. The van der Waals surface area contributed by atoms with Crippen LogP contribution in [0.4, 0.5) is 0 Å². The van der Waals surface area contributed by atoms with E-state index in [2.05, 4.69) is 9.55 Å². The highest BCUT2D eigenvalue weighted by Crippen LogP contribution is 2.33. The van der Waals surface area contributed by atoms with Crippen LogP contribution in [0.25, 0.3) is 16.9 Å². The fraction of sp³-hybridized carbons (Fsp3) is 0.227. The Kier molecular flexibility index (Phi) is 5.67. The Balaban J connectivity index is 1.66. The lowest BCUT2D eigenvalue weighted by Crippen LogP contribution is -2.31. The third-order valence-corrected chi connectivity index (χ3v) is 5.76. The predicted molar refractivity (Wildman–Crippen MR) is 112 cm³/mol. The number of nitrogens with zero attached hydrogens (tertiary/aromatic N) is 3. The molecule has 1 aliphatic rings. The van der Waals surface area contributed by atoms with Gasteiger partial charge >= 0.3 is 0 Å². The molecule has 0 saturated carbocycles. The normalized spacial score (nSPS) is 13.9. The van der Waals surface area contributed by atoms with E-state index in [1.165, 1.54) is 16.7 Å². The number of likely N-dealkylation sites (tertiary alicyclic amines) is 1. The van der Waals surface area contributed by atoms with E-state index in [9.17, 15) is 9.59 Å². The molecule has 0 radical (unpaired) electrons. The first-order chi connectivity index (χ1) is 14.2. The lowest BCUT2D eigenvalue weighted by Gasteiger charge is -2.16. The summed E-state index contributed by atoms with van der Waals surface area (Å²) in [6.07, 6.45) is 2.48. The molecular weight excluding hydrogens is 386 g/mol. The van der Waals surface area contributed by atoms with Crippen LogP contribution in [0.3, 0.4) is 0 Å². The standard InChI is InChI=1S/C22H21N3O3S/c1-28-19-10-6-5-9-17(19)25-18(16-7-3-2-4-8-16)15-23-22(25)29-14-13-24-20(26)11-12-21(24)27/h2-10,15H,11-14H2,1H3. The zero-order chi connectivity index (χ0) is 20.2. The molecule has 148 valence electrons. The average molecular weight is 407 g/mol. The van der Waals surface area contributed by atoms with Gasteiger partial charge in [0.05, 0.1) is 24.7 Å². The second kappa shape index (κ2) is 8.53. The number of imidazole rings is 1. The number of hydrogen-bond acceptors (Lipinski definition) is 5. The predicted octanol–water partition coefficient (Wildman–Crippen LogP) is 3.79. The van der Waals surface area contributed by atoms with Crippen molar-refractivity contribution < 1.29 is 14.3 Å². The van der Waals surface area contributed by atoms with Crippen LogP contribution >= 0.6 is 11.8 Å².